The van der Waals surface area contributed by atoms with Gasteiger partial charge in [-0.05, 0) is 20.9 Å². The summed E-state index contributed by atoms with van der Waals surface area (Å²) in [6, 6.07) is 0. The third-order valence-electron chi connectivity index (χ3n) is 3.16. The van der Waals surface area contributed by atoms with Gasteiger partial charge in [-0.1, -0.05) is 0 Å². The molecule has 4 N–H and O–H groups in total. The Balaban J connectivity index is 2.11. The Labute approximate surface area is 107 Å². The lowest BCUT2D eigenvalue weighted by molar-refractivity contribution is 0.178. The van der Waals surface area contributed by atoms with E-state index in [0.29, 0.717) is 11.6 Å². The average molecular weight is 251 g/mol. The number of aromatic nitrogens is 2. The Morgan fingerprint density at radius 3 is 2.28 bits per heavy atom. The average Bonchev–Trinajstić information content (AvgIpc) is 2.36. The molecule has 0 aromatic carbocycles. The molecule has 2 heterocycles. The molecule has 7 heteroatoms. The molecule has 1 aromatic rings. The number of anilines is 2. The standard InChI is InChI=1S/C11H21N7/c1-8-10(15-12)13-9(2)14-11(8)16-18-6-4-17(3)5-7-18/h4-7,12H2,1-3H3,(H2,13,14,15,16). The van der Waals surface area contributed by atoms with Crippen LogP contribution in [0.1, 0.15) is 11.4 Å². The third-order valence-corrected chi connectivity index (χ3v) is 3.16. The molecule has 0 amide bonds. The van der Waals surface area contributed by atoms with Gasteiger partial charge in [0.2, 0.25) is 0 Å². The smallest absolute Gasteiger partial charge is 0.149 e. The fourth-order valence-electron chi connectivity index (χ4n) is 1.95. The van der Waals surface area contributed by atoms with Gasteiger partial charge in [-0.15, -0.1) is 0 Å². The molecule has 0 unspecified atom stereocenters. The molecule has 1 aliphatic heterocycles. The summed E-state index contributed by atoms with van der Waals surface area (Å²) in [5, 5.41) is 2.18. The van der Waals surface area contributed by atoms with Gasteiger partial charge in [0, 0.05) is 31.7 Å². The number of hydrogen-bond acceptors (Lipinski definition) is 7. The highest BCUT2D eigenvalue weighted by Crippen LogP contribution is 2.19. The number of piperazine rings is 1. The number of hydrazine groups is 2. The minimum absolute atomic E-state index is 0.666. The minimum Gasteiger partial charge on any atom is -0.308 e. The number of nitrogen functional groups attached to an aromatic ring is 1. The molecule has 18 heavy (non-hydrogen) atoms. The molecule has 0 aliphatic carbocycles. The van der Waals surface area contributed by atoms with Crippen LogP contribution in [0.2, 0.25) is 0 Å². The summed E-state index contributed by atoms with van der Waals surface area (Å²) in [5.74, 6) is 7.64. The Kier molecular flexibility index (Phi) is 3.95. The van der Waals surface area contributed by atoms with Gasteiger partial charge in [0.15, 0.2) is 0 Å². The second-order valence-electron chi connectivity index (χ2n) is 4.64. The molecular weight excluding hydrogens is 230 g/mol. The van der Waals surface area contributed by atoms with Crippen molar-refractivity contribution in [3.63, 3.8) is 0 Å². The minimum atomic E-state index is 0.666. The monoisotopic (exact) mass is 251 g/mol. The molecule has 1 aliphatic rings. The summed E-state index contributed by atoms with van der Waals surface area (Å²) in [7, 11) is 2.13. The topological polar surface area (TPSA) is 82.3 Å². The van der Waals surface area contributed by atoms with Crippen molar-refractivity contribution in [1.82, 2.24) is 19.9 Å². The van der Waals surface area contributed by atoms with Gasteiger partial charge in [0.05, 0.1) is 0 Å². The number of rotatable bonds is 3. The number of nitrogens with two attached hydrogens (primary N) is 1. The van der Waals surface area contributed by atoms with E-state index < -0.39 is 0 Å². The SMILES string of the molecule is Cc1nc(NN)c(C)c(NN2CCN(C)CC2)n1. The number of hydrogen-bond donors (Lipinski definition) is 3. The van der Waals surface area contributed by atoms with Crippen molar-refractivity contribution in [2.24, 2.45) is 5.84 Å². The van der Waals surface area contributed by atoms with Crippen molar-refractivity contribution in [2.75, 3.05) is 44.1 Å². The van der Waals surface area contributed by atoms with Crippen molar-refractivity contribution >= 4 is 11.6 Å². The van der Waals surface area contributed by atoms with Gasteiger partial charge in [0.1, 0.15) is 17.5 Å². The van der Waals surface area contributed by atoms with Crippen molar-refractivity contribution in [2.45, 2.75) is 13.8 Å². The zero-order valence-corrected chi connectivity index (χ0v) is 11.2. The molecule has 1 aromatic heterocycles. The van der Waals surface area contributed by atoms with Crippen LogP contribution in [0.4, 0.5) is 11.6 Å². The Hall–Kier alpha value is -1.44. The predicted octanol–water partition coefficient (Wildman–Crippen LogP) is -0.0467. The summed E-state index contributed by atoms with van der Waals surface area (Å²) in [6.45, 7) is 7.87. The van der Waals surface area contributed by atoms with E-state index in [4.69, 9.17) is 5.84 Å². The van der Waals surface area contributed by atoms with Crippen LogP contribution in [0, 0.1) is 13.8 Å². The Bertz CT molecular complexity index is 412. The van der Waals surface area contributed by atoms with Crippen molar-refractivity contribution in [3.05, 3.63) is 11.4 Å². The lowest BCUT2D eigenvalue weighted by Crippen LogP contribution is -2.47. The van der Waals surface area contributed by atoms with Gasteiger partial charge in [-0.3, -0.25) is 0 Å². The van der Waals surface area contributed by atoms with E-state index >= 15 is 0 Å². The van der Waals surface area contributed by atoms with Crippen LogP contribution < -0.4 is 16.7 Å². The van der Waals surface area contributed by atoms with Crippen LogP contribution in [-0.2, 0) is 0 Å². The van der Waals surface area contributed by atoms with E-state index in [9.17, 15) is 0 Å². The Morgan fingerprint density at radius 2 is 1.67 bits per heavy atom. The molecule has 7 nitrogen and oxygen atoms in total. The Morgan fingerprint density at radius 1 is 1.06 bits per heavy atom. The normalized spacial score (nSPS) is 17.8. The summed E-state index contributed by atoms with van der Waals surface area (Å²) in [6.07, 6.45) is 0. The summed E-state index contributed by atoms with van der Waals surface area (Å²) >= 11 is 0. The van der Waals surface area contributed by atoms with E-state index in [1.54, 1.807) is 0 Å². The molecule has 0 saturated carbocycles. The van der Waals surface area contributed by atoms with Crippen molar-refractivity contribution in [1.29, 1.82) is 0 Å². The summed E-state index contributed by atoms with van der Waals surface area (Å²) in [4.78, 5) is 11.0. The van der Waals surface area contributed by atoms with Crippen molar-refractivity contribution in [3.8, 4) is 0 Å². The highest BCUT2D eigenvalue weighted by atomic mass is 15.5. The molecule has 2 rings (SSSR count). The zero-order valence-electron chi connectivity index (χ0n) is 11.2. The molecule has 0 atom stereocenters. The molecule has 0 spiro atoms. The lowest BCUT2D eigenvalue weighted by Gasteiger charge is -2.33. The van der Waals surface area contributed by atoms with Crippen LogP contribution in [0.25, 0.3) is 0 Å². The van der Waals surface area contributed by atoms with Gasteiger partial charge in [-0.2, -0.15) is 0 Å². The fourth-order valence-corrected chi connectivity index (χ4v) is 1.95. The molecule has 0 bridgehead atoms. The molecule has 0 radical (unpaired) electrons. The first-order valence-corrected chi connectivity index (χ1v) is 6.12. The van der Waals surface area contributed by atoms with Gasteiger partial charge < -0.3 is 15.8 Å². The van der Waals surface area contributed by atoms with E-state index in [1.807, 2.05) is 13.8 Å². The van der Waals surface area contributed by atoms with Crippen LogP contribution >= 0.6 is 0 Å². The number of aryl methyl sites for hydroxylation is 1. The van der Waals surface area contributed by atoms with E-state index in [0.717, 1.165) is 37.6 Å². The maximum absolute atomic E-state index is 5.45. The molecular formula is C11H21N7. The number of likely N-dealkylation sites (N-methyl/N-ethyl adjacent to an activating group) is 1. The largest absolute Gasteiger partial charge is 0.308 e. The lowest BCUT2D eigenvalue weighted by atomic mass is 10.3. The van der Waals surface area contributed by atoms with Gasteiger partial charge >= 0.3 is 0 Å². The highest BCUT2D eigenvalue weighted by Gasteiger charge is 2.16. The maximum Gasteiger partial charge on any atom is 0.149 e. The number of nitrogens with zero attached hydrogens (tertiary/aromatic N) is 4. The third kappa shape index (κ3) is 2.87. The van der Waals surface area contributed by atoms with E-state index in [1.165, 1.54) is 0 Å². The van der Waals surface area contributed by atoms with Gasteiger partial charge in [0.25, 0.3) is 0 Å². The molecule has 1 fully saturated rings. The molecule has 100 valence electrons. The van der Waals surface area contributed by atoms with Crippen molar-refractivity contribution < 1.29 is 0 Å². The first kappa shape index (κ1) is 13.0. The predicted molar refractivity (Wildman–Crippen MR) is 72.0 cm³/mol. The van der Waals surface area contributed by atoms with Crippen LogP contribution in [0.15, 0.2) is 0 Å². The fraction of sp³-hybridized carbons (Fsp3) is 0.636. The number of nitrogens with one attached hydrogen (secondary N) is 2. The maximum atomic E-state index is 5.45. The second-order valence-corrected chi connectivity index (χ2v) is 4.64. The summed E-state index contributed by atoms with van der Waals surface area (Å²) < 4.78 is 0. The van der Waals surface area contributed by atoms with E-state index in [2.05, 4.69) is 37.8 Å². The summed E-state index contributed by atoms with van der Waals surface area (Å²) in [5.41, 5.74) is 6.88. The second kappa shape index (κ2) is 5.47. The van der Waals surface area contributed by atoms with E-state index in [-0.39, 0.29) is 0 Å². The molecule has 1 saturated heterocycles. The van der Waals surface area contributed by atoms with Crippen LogP contribution in [0.3, 0.4) is 0 Å². The zero-order chi connectivity index (χ0) is 13.1. The quantitative estimate of drug-likeness (QED) is 0.513. The first-order chi connectivity index (χ1) is 8.60. The highest BCUT2D eigenvalue weighted by molar-refractivity contribution is 5.56. The van der Waals surface area contributed by atoms with Crippen LogP contribution in [-0.4, -0.2) is 53.1 Å². The first-order valence-electron chi connectivity index (χ1n) is 6.12. The van der Waals surface area contributed by atoms with Gasteiger partial charge in [-0.25, -0.2) is 20.8 Å². The van der Waals surface area contributed by atoms with Crippen LogP contribution in [0.5, 0.6) is 0 Å².